The van der Waals surface area contributed by atoms with Crippen LogP contribution in [0.4, 0.5) is 4.39 Å². The molecule has 1 aromatic heterocycles. The molecule has 1 saturated carbocycles. The third-order valence-corrected chi connectivity index (χ3v) is 3.69. The van der Waals surface area contributed by atoms with Crippen LogP contribution in [-0.4, -0.2) is 21.7 Å². The number of nitrogens with one attached hydrogen (secondary N) is 1. The predicted molar refractivity (Wildman–Crippen MR) is 67.0 cm³/mol. The Morgan fingerprint density at radius 3 is 2.89 bits per heavy atom. The zero-order valence-electron chi connectivity index (χ0n) is 9.58. The second kappa shape index (κ2) is 4.07. The van der Waals surface area contributed by atoms with Gasteiger partial charge in [0.25, 0.3) is 0 Å². The standard InChI is InChI=1S/C13H12ClFN2O/c14-8-1-2-10(15)9(5-8)11-6-16-12(17-11)13(7-18)3-4-13/h1-2,5-6,18H,3-4,7H2,(H,16,17). The van der Waals surface area contributed by atoms with Gasteiger partial charge in [0.1, 0.15) is 11.6 Å². The number of rotatable bonds is 3. The van der Waals surface area contributed by atoms with Crippen molar-refractivity contribution in [2.75, 3.05) is 6.61 Å². The van der Waals surface area contributed by atoms with Crippen LogP contribution in [0.1, 0.15) is 18.7 Å². The Bertz CT molecular complexity index is 592. The van der Waals surface area contributed by atoms with Gasteiger partial charge in [0.2, 0.25) is 0 Å². The largest absolute Gasteiger partial charge is 0.395 e. The van der Waals surface area contributed by atoms with Crippen LogP contribution in [0.3, 0.4) is 0 Å². The number of aromatic nitrogens is 2. The van der Waals surface area contributed by atoms with Crippen molar-refractivity contribution in [1.29, 1.82) is 0 Å². The summed E-state index contributed by atoms with van der Waals surface area (Å²) in [5.41, 5.74) is 0.743. The van der Waals surface area contributed by atoms with E-state index < -0.39 is 0 Å². The van der Waals surface area contributed by atoms with Crippen molar-refractivity contribution in [2.45, 2.75) is 18.3 Å². The first-order chi connectivity index (χ1) is 8.64. The number of hydrogen-bond donors (Lipinski definition) is 2. The average molecular weight is 267 g/mol. The van der Waals surface area contributed by atoms with Gasteiger partial charge in [-0.05, 0) is 31.0 Å². The maximum atomic E-state index is 13.7. The van der Waals surface area contributed by atoms with E-state index in [-0.39, 0.29) is 17.8 Å². The van der Waals surface area contributed by atoms with Gasteiger partial charge in [0, 0.05) is 10.6 Å². The molecule has 0 amide bonds. The van der Waals surface area contributed by atoms with E-state index in [1.165, 1.54) is 12.1 Å². The third-order valence-electron chi connectivity index (χ3n) is 3.45. The van der Waals surface area contributed by atoms with Gasteiger partial charge in [-0.25, -0.2) is 9.37 Å². The van der Waals surface area contributed by atoms with Crippen LogP contribution in [0.25, 0.3) is 11.3 Å². The van der Waals surface area contributed by atoms with Crippen LogP contribution in [0.5, 0.6) is 0 Å². The molecule has 0 atom stereocenters. The Balaban J connectivity index is 2.00. The molecule has 2 aromatic rings. The van der Waals surface area contributed by atoms with Crippen molar-refractivity contribution >= 4 is 11.6 Å². The van der Waals surface area contributed by atoms with Crippen molar-refractivity contribution in [3.63, 3.8) is 0 Å². The molecule has 1 aromatic carbocycles. The molecule has 0 unspecified atom stereocenters. The Morgan fingerprint density at radius 1 is 1.44 bits per heavy atom. The molecule has 1 fully saturated rings. The third kappa shape index (κ3) is 1.82. The normalized spacial score (nSPS) is 16.8. The van der Waals surface area contributed by atoms with Crippen molar-refractivity contribution in [3.05, 3.63) is 41.1 Å². The molecule has 0 bridgehead atoms. The Hall–Kier alpha value is -1.39. The smallest absolute Gasteiger partial charge is 0.132 e. The number of aromatic amines is 1. The van der Waals surface area contributed by atoms with Gasteiger partial charge in [0.05, 0.1) is 23.9 Å². The highest BCUT2D eigenvalue weighted by molar-refractivity contribution is 6.30. The number of halogens is 2. The highest BCUT2D eigenvalue weighted by Crippen LogP contribution is 2.46. The lowest BCUT2D eigenvalue weighted by Gasteiger charge is -2.07. The summed E-state index contributed by atoms with van der Waals surface area (Å²) in [5.74, 6) is 0.378. The van der Waals surface area contributed by atoms with Gasteiger partial charge < -0.3 is 10.1 Å². The summed E-state index contributed by atoms with van der Waals surface area (Å²) in [6.45, 7) is 0.0674. The molecule has 3 nitrogen and oxygen atoms in total. The molecule has 0 spiro atoms. The van der Waals surface area contributed by atoms with Gasteiger partial charge >= 0.3 is 0 Å². The first-order valence-electron chi connectivity index (χ1n) is 5.76. The van der Waals surface area contributed by atoms with Gasteiger partial charge in [-0.15, -0.1) is 0 Å². The number of benzene rings is 1. The summed E-state index contributed by atoms with van der Waals surface area (Å²) < 4.78 is 13.7. The van der Waals surface area contributed by atoms with Gasteiger partial charge in [-0.2, -0.15) is 0 Å². The zero-order valence-corrected chi connectivity index (χ0v) is 10.3. The van der Waals surface area contributed by atoms with Crippen LogP contribution in [0, 0.1) is 5.82 Å². The maximum Gasteiger partial charge on any atom is 0.132 e. The zero-order chi connectivity index (χ0) is 12.8. The molecule has 1 heterocycles. The fourth-order valence-electron chi connectivity index (χ4n) is 2.05. The number of aliphatic hydroxyl groups excluding tert-OH is 1. The van der Waals surface area contributed by atoms with E-state index in [9.17, 15) is 9.50 Å². The van der Waals surface area contributed by atoms with Crippen molar-refractivity contribution in [1.82, 2.24) is 9.97 Å². The lowest BCUT2D eigenvalue weighted by atomic mass is 10.1. The minimum Gasteiger partial charge on any atom is -0.395 e. The highest BCUT2D eigenvalue weighted by Gasteiger charge is 2.46. The van der Waals surface area contributed by atoms with Crippen molar-refractivity contribution in [2.24, 2.45) is 0 Å². The molecular weight excluding hydrogens is 255 g/mol. The average Bonchev–Trinajstić information content (AvgIpc) is 3.02. The molecule has 0 radical (unpaired) electrons. The van der Waals surface area contributed by atoms with E-state index in [0.717, 1.165) is 18.7 Å². The summed E-state index contributed by atoms with van der Waals surface area (Å²) in [4.78, 5) is 7.32. The van der Waals surface area contributed by atoms with E-state index in [4.69, 9.17) is 11.6 Å². The summed E-state index contributed by atoms with van der Waals surface area (Å²) in [6.07, 6.45) is 3.41. The Labute approximate surface area is 109 Å². The van der Waals surface area contributed by atoms with Crippen LogP contribution in [-0.2, 0) is 5.41 Å². The topological polar surface area (TPSA) is 48.9 Å². The first-order valence-corrected chi connectivity index (χ1v) is 6.14. The SMILES string of the molecule is OCC1(c2ncc(-c3cc(Cl)ccc3F)[nH]2)CC1. The number of aliphatic hydroxyl groups is 1. The van der Waals surface area contributed by atoms with E-state index >= 15 is 0 Å². The molecule has 2 N–H and O–H groups in total. The van der Waals surface area contributed by atoms with Crippen LogP contribution in [0.15, 0.2) is 24.4 Å². The van der Waals surface area contributed by atoms with Crippen LogP contribution in [0.2, 0.25) is 5.02 Å². The Morgan fingerprint density at radius 2 is 2.22 bits per heavy atom. The lowest BCUT2D eigenvalue weighted by Crippen LogP contribution is -2.13. The molecule has 3 rings (SSSR count). The van der Waals surface area contributed by atoms with Gasteiger partial charge in [0.15, 0.2) is 0 Å². The minimum atomic E-state index is -0.344. The number of imidazole rings is 1. The second-order valence-electron chi connectivity index (χ2n) is 4.71. The van der Waals surface area contributed by atoms with Crippen LogP contribution >= 0.6 is 11.6 Å². The molecule has 94 valence electrons. The molecule has 1 aliphatic carbocycles. The lowest BCUT2D eigenvalue weighted by molar-refractivity contribution is 0.250. The second-order valence-corrected chi connectivity index (χ2v) is 5.14. The van der Waals surface area contributed by atoms with E-state index in [1.807, 2.05) is 0 Å². The van der Waals surface area contributed by atoms with Crippen LogP contribution < -0.4 is 0 Å². The molecular formula is C13H12ClFN2O. The molecule has 0 saturated heterocycles. The first kappa shape index (κ1) is 11.7. The van der Waals surface area contributed by atoms with Gasteiger partial charge in [-0.1, -0.05) is 11.6 Å². The number of H-pyrrole nitrogens is 1. The monoisotopic (exact) mass is 266 g/mol. The Kier molecular flexibility index (Phi) is 2.64. The summed E-state index contributed by atoms with van der Waals surface area (Å²) >= 11 is 5.86. The number of nitrogens with zero attached hydrogens (tertiary/aromatic N) is 1. The minimum absolute atomic E-state index is 0.0674. The molecule has 5 heteroatoms. The highest BCUT2D eigenvalue weighted by atomic mass is 35.5. The van der Waals surface area contributed by atoms with E-state index in [0.29, 0.717) is 16.3 Å². The van der Waals surface area contributed by atoms with E-state index in [1.54, 1.807) is 12.3 Å². The molecule has 1 aliphatic rings. The van der Waals surface area contributed by atoms with Crippen molar-refractivity contribution in [3.8, 4) is 11.3 Å². The van der Waals surface area contributed by atoms with Gasteiger partial charge in [-0.3, -0.25) is 0 Å². The maximum absolute atomic E-state index is 13.7. The predicted octanol–water partition coefficient (Wildman–Crippen LogP) is 2.89. The summed E-state index contributed by atoms with van der Waals surface area (Å²) in [6, 6.07) is 4.40. The number of hydrogen-bond acceptors (Lipinski definition) is 2. The fraction of sp³-hybridized carbons (Fsp3) is 0.308. The molecule has 0 aliphatic heterocycles. The van der Waals surface area contributed by atoms with Crippen molar-refractivity contribution < 1.29 is 9.50 Å². The summed E-state index contributed by atoms with van der Waals surface area (Å²) in [7, 11) is 0. The fourth-order valence-corrected chi connectivity index (χ4v) is 2.22. The quantitative estimate of drug-likeness (QED) is 0.897. The summed E-state index contributed by atoms with van der Waals surface area (Å²) in [5, 5.41) is 9.81. The van der Waals surface area contributed by atoms with E-state index in [2.05, 4.69) is 9.97 Å². The molecule has 18 heavy (non-hydrogen) atoms.